The lowest BCUT2D eigenvalue weighted by Gasteiger charge is -2.43. The fourth-order valence-electron chi connectivity index (χ4n) is 4.64. The van der Waals surface area contributed by atoms with Gasteiger partial charge in [0.2, 0.25) is 0 Å². The maximum Gasteiger partial charge on any atom is 0.328 e. The lowest BCUT2D eigenvalue weighted by Crippen LogP contribution is -2.50. The van der Waals surface area contributed by atoms with E-state index in [0.29, 0.717) is 5.69 Å². The minimum absolute atomic E-state index is 0.0308. The first-order valence-corrected chi connectivity index (χ1v) is 10.6. The summed E-state index contributed by atoms with van der Waals surface area (Å²) in [5.41, 5.74) is -0.0578. The number of carbonyl (C=O) groups is 1. The molecule has 2 heterocycles. The number of para-hydroxylation sites is 1. The monoisotopic (exact) mass is 460 g/mol. The van der Waals surface area contributed by atoms with Crippen molar-refractivity contribution in [3.63, 3.8) is 0 Å². The fourth-order valence-corrected chi connectivity index (χ4v) is 4.64. The zero-order chi connectivity index (χ0) is 23.9. The Hall–Kier alpha value is -3.13. The van der Waals surface area contributed by atoms with Crippen LogP contribution < -0.4 is 0 Å². The van der Waals surface area contributed by atoms with E-state index in [1.807, 2.05) is 24.3 Å². The summed E-state index contributed by atoms with van der Waals surface area (Å²) >= 11 is 0. The maximum absolute atomic E-state index is 15.4. The molecule has 0 unspecified atom stereocenters. The molecule has 3 aromatic rings. The van der Waals surface area contributed by atoms with Gasteiger partial charge in [-0.15, -0.1) is 0 Å². The minimum atomic E-state index is -1.74. The van der Waals surface area contributed by atoms with E-state index in [9.17, 15) is 13.6 Å². The number of hydrogen-bond donors (Lipinski definition) is 2. The molecule has 4 rings (SSSR count). The van der Waals surface area contributed by atoms with Crippen LogP contribution in [0.1, 0.15) is 42.3 Å². The van der Waals surface area contributed by atoms with Crippen LogP contribution in [0.5, 0.6) is 0 Å². The number of aromatic nitrogens is 1. The van der Waals surface area contributed by atoms with Crippen LogP contribution in [0.15, 0.2) is 42.5 Å². The van der Waals surface area contributed by atoms with E-state index in [0.717, 1.165) is 40.8 Å². The Balaban J connectivity index is 1.94. The molecule has 1 aliphatic rings. The van der Waals surface area contributed by atoms with E-state index in [1.54, 1.807) is 0 Å². The number of alkyl halides is 2. The van der Waals surface area contributed by atoms with Crippen molar-refractivity contribution in [2.75, 3.05) is 13.2 Å². The standard InChI is InChI=1S/C25H24F4N2O2/c1-25(2,29)13-31-15(12-26)11-17-16-5-3-4-6-20(16)30-23(17)24(31)22-18(27)9-14(10-19(22)28)7-8-21(32)33/h3-10,15,24,30H,11-13H2,1-2H3,(H,32,33)/b8-7+/t15-,24+/m0/s1. The molecule has 2 atom stereocenters. The Bertz CT molecular complexity index is 1210. The number of fused-ring (bicyclic) bond motifs is 3. The number of aliphatic carboxylic acids is 1. The molecule has 1 aliphatic heterocycles. The van der Waals surface area contributed by atoms with Crippen LogP contribution in [0.2, 0.25) is 0 Å². The summed E-state index contributed by atoms with van der Waals surface area (Å²) in [6.07, 6.45) is 2.13. The van der Waals surface area contributed by atoms with Gasteiger partial charge in [0.15, 0.2) is 0 Å². The molecule has 0 spiro atoms. The summed E-state index contributed by atoms with van der Waals surface area (Å²) < 4.78 is 59.7. The zero-order valence-electron chi connectivity index (χ0n) is 18.2. The number of aromatic amines is 1. The molecule has 2 N–H and O–H groups in total. The van der Waals surface area contributed by atoms with Crippen LogP contribution in [-0.2, 0) is 11.2 Å². The van der Waals surface area contributed by atoms with Gasteiger partial charge in [0.05, 0.1) is 6.04 Å². The topological polar surface area (TPSA) is 56.3 Å². The lowest BCUT2D eigenvalue weighted by molar-refractivity contribution is -0.131. The van der Waals surface area contributed by atoms with Crippen molar-refractivity contribution in [1.29, 1.82) is 0 Å². The quantitative estimate of drug-likeness (QED) is 0.373. The average Bonchev–Trinajstić information content (AvgIpc) is 3.10. The van der Waals surface area contributed by atoms with Crippen molar-refractivity contribution < 1.29 is 27.5 Å². The summed E-state index contributed by atoms with van der Waals surface area (Å²) in [7, 11) is 0. The summed E-state index contributed by atoms with van der Waals surface area (Å²) in [5, 5.41) is 9.62. The third kappa shape index (κ3) is 4.53. The Morgan fingerprint density at radius 1 is 1.24 bits per heavy atom. The number of benzene rings is 2. The summed E-state index contributed by atoms with van der Waals surface area (Å²) in [6.45, 7) is 1.63. The number of carboxylic acids is 1. The predicted octanol–water partition coefficient (Wildman–Crippen LogP) is 5.58. The van der Waals surface area contributed by atoms with Crippen molar-refractivity contribution >= 4 is 22.9 Å². The van der Waals surface area contributed by atoms with Crippen LogP contribution in [-0.4, -0.2) is 45.9 Å². The molecule has 174 valence electrons. The third-order valence-electron chi connectivity index (χ3n) is 5.89. The second-order valence-corrected chi connectivity index (χ2v) is 8.94. The molecule has 8 heteroatoms. The Labute approximate surface area is 188 Å². The van der Waals surface area contributed by atoms with Gasteiger partial charge in [-0.3, -0.25) is 4.90 Å². The Morgan fingerprint density at radius 3 is 2.52 bits per heavy atom. The summed E-state index contributed by atoms with van der Waals surface area (Å²) in [6, 6.07) is 7.52. The maximum atomic E-state index is 15.4. The van der Waals surface area contributed by atoms with Gasteiger partial charge in [0.25, 0.3) is 0 Å². The normalized spacial score (nSPS) is 19.3. The molecule has 1 aromatic heterocycles. The molecule has 0 radical (unpaired) electrons. The second-order valence-electron chi connectivity index (χ2n) is 8.94. The highest BCUT2D eigenvalue weighted by Crippen LogP contribution is 2.43. The highest BCUT2D eigenvalue weighted by Gasteiger charge is 2.42. The predicted molar refractivity (Wildman–Crippen MR) is 119 cm³/mol. The number of rotatable bonds is 6. The molecule has 0 saturated carbocycles. The fraction of sp³-hybridized carbons (Fsp3) is 0.320. The molecule has 0 saturated heterocycles. The Kier molecular flexibility index (Phi) is 6.05. The van der Waals surface area contributed by atoms with Gasteiger partial charge in [0, 0.05) is 40.8 Å². The second kappa shape index (κ2) is 8.67. The number of nitrogens with zero attached hydrogens (tertiary/aromatic N) is 1. The van der Waals surface area contributed by atoms with Crippen LogP contribution in [0, 0.1) is 11.6 Å². The van der Waals surface area contributed by atoms with Gasteiger partial charge in [-0.05, 0) is 55.7 Å². The molecule has 4 nitrogen and oxygen atoms in total. The highest BCUT2D eigenvalue weighted by molar-refractivity contribution is 5.86. The lowest BCUT2D eigenvalue weighted by atomic mass is 9.86. The van der Waals surface area contributed by atoms with Crippen LogP contribution in [0.25, 0.3) is 17.0 Å². The van der Waals surface area contributed by atoms with E-state index < -0.39 is 42.0 Å². The van der Waals surface area contributed by atoms with Crippen molar-refractivity contribution in [3.8, 4) is 0 Å². The van der Waals surface area contributed by atoms with Gasteiger partial charge in [0.1, 0.15) is 24.0 Å². The van der Waals surface area contributed by atoms with E-state index in [-0.39, 0.29) is 24.1 Å². The van der Waals surface area contributed by atoms with E-state index >= 15 is 8.78 Å². The van der Waals surface area contributed by atoms with Gasteiger partial charge in [-0.1, -0.05) is 18.2 Å². The van der Waals surface area contributed by atoms with Gasteiger partial charge in [-0.2, -0.15) is 0 Å². The number of halogens is 4. The molecule has 33 heavy (non-hydrogen) atoms. The number of carboxylic acid groups (broad SMARTS) is 1. The third-order valence-corrected chi connectivity index (χ3v) is 5.89. The smallest absolute Gasteiger partial charge is 0.328 e. The largest absolute Gasteiger partial charge is 0.478 e. The number of nitrogens with one attached hydrogen (secondary N) is 1. The average molecular weight is 460 g/mol. The highest BCUT2D eigenvalue weighted by atomic mass is 19.1. The molecule has 2 aromatic carbocycles. The number of hydrogen-bond acceptors (Lipinski definition) is 2. The number of H-pyrrole nitrogens is 1. The molecule has 0 bridgehead atoms. The van der Waals surface area contributed by atoms with Crippen LogP contribution in [0.4, 0.5) is 17.6 Å². The minimum Gasteiger partial charge on any atom is -0.478 e. The SMILES string of the molecule is CC(C)(F)CN1[C@H](CF)Cc2c([nH]c3ccccc23)[C@H]1c1c(F)cc(/C=C/C(=O)O)cc1F. The Morgan fingerprint density at radius 2 is 1.91 bits per heavy atom. The van der Waals surface area contributed by atoms with Gasteiger partial charge < -0.3 is 10.1 Å². The van der Waals surface area contributed by atoms with Gasteiger partial charge >= 0.3 is 5.97 Å². The van der Waals surface area contributed by atoms with Crippen molar-refractivity contribution in [1.82, 2.24) is 9.88 Å². The molecule has 0 aliphatic carbocycles. The zero-order valence-corrected chi connectivity index (χ0v) is 18.2. The van der Waals surface area contributed by atoms with E-state index in [2.05, 4.69) is 4.98 Å². The first-order valence-electron chi connectivity index (χ1n) is 10.6. The van der Waals surface area contributed by atoms with E-state index in [1.165, 1.54) is 18.7 Å². The summed E-state index contributed by atoms with van der Waals surface area (Å²) in [5.74, 6) is -3.09. The van der Waals surface area contributed by atoms with Crippen molar-refractivity contribution in [2.45, 2.75) is 38.0 Å². The summed E-state index contributed by atoms with van der Waals surface area (Å²) in [4.78, 5) is 15.5. The first kappa shape index (κ1) is 23.0. The van der Waals surface area contributed by atoms with Gasteiger partial charge in [-0.25, -0.2) is 22.4 Å². The molecule has 0 amide bonds. The van der Waals surface area contributed by atoms with Crippen molar-refractivity contribution in [2.24, 2.45) is 0 Å². The van der Waals surface area contributed by atoms with Crippen molar-refractivity contribution in [3.05, 3.63) is 76.5 Å². The first-order chi connectivity index (χ1) is 15.6. The molecular weight excluding hydrogens is 436 g/mol. The van der Waals surface area contributed by atoms with E-state index in [4.69, 9.17) is 5.11 Å². The van der Waals surface area contributed by atoms with Crippen LogP contribution >= 0.6 is 0 Å². The molecule has 0 fully saturated rings. The van der Waals surface area contributed by atoms with Crippen LogP contribution in [0.3, 0.4) is 0 Å². The molecular formula is C25H24F4N2O2.